The van der Waals surface area contributed by atoms with Crippen LogP contribution in [-0.2, 0) is 0 Å². The molecule has 0 radical (unpaired) electrons. The first kappa shape index (κ1) is 13.6. The molecule has 0 spiro atoms. The molecule has 3 heteroatoms. The Bertz CT molecular complexity index is 432. The summed E-state index contributed by atoms with van der Waals surface area (Å²) in [7, 11) is 0. The van der Waals surface area contributed by atoms with Crippen molar-refractivity contribution in [2.75, 3.05) is 0 Å². The lowest BCUT2D eigenvalue weighted by Crippen LogP contribution is -2.43. The molecule has 0 aliphatic heterocycles. The second-order valence-electron chi connectivity index (χ2n) is 5.33. The van der Waals surface area contributed by atoms with Crippen molar-refractivity contribution in [2.45, 2.75) is 39.2 Å². The van der Waals surface area contributed by atoms with E-state index in [1.165, 1.54) is 12.8 Å². The molecule has 0 bridgehead atoms. The molecule has 1 amide bonds. The van der Waals surface area contributed by atoms with Gasteiger partial charge in [-0.2, -0.15) is 0 Å². The minimum absolute atomic E-state index is 0.0356. The lowest BCUT2D eigenvalue weighted by atomic mass is 9.78. The van der Waals surface area contributed by atoms with Crippen LogP contribution >= 0.6 is 15.9 Å². The Morgan fingerprint density at radius 3 is 2.72 bits per heavy atom. The minimum atomic E-state index is 0.0356. The summed E-state index contributed by atoms with van der Waals surface area (Å²) in [6.45, 7) is 4.52. The van der Waals surface area contributed by atoms with Crippen LogP contribution in [0.1, 0.15) is 43.5 Å². The summed E-state index contributed by atoms with van der Waals surface area (Å²) in [5.41, 5.74) is 0.725. The molecule has 1 saturated carbocycles. The second-order valence-corrected chi connectivity index (χ2v) is 6.18. The summed E-state index contributed by atoms with van der Waals surface area (Å²) < 4.78 is 0.860. The van der Waals surface area contributed by atoms with Gasteiger partial charge >= 0.3 is 0 Å². The molecule has 2 nitrogen and oxygen atoms in total. The van der Waals surface area contributed by atoms with Gasteiger partial charge in [-0.1, -0.05) is 38.8 Å². The number of rotatable bonds is 2. The molecule has 1 aliphatic carbocycles. The van der Waals surface area contributed by atoms with E-state index in [1.807, 2.05) is 24.3 Å². The first-order chi connectivity index (χ1) is 8.59. The van der Waals surface area contributed by atoms with Gasteiger partial charge in [0.05, 0.1) is 5.56 Å². The summed E-state index contributed by atoms with van der Waals surface area (Å²) in [6.07, 6.45) is 3.59. The molecule has 0 saturated heterocycles. The van der Waals surface area contributed by atoms with E-state index in [-0.39, 0.29) is 5.91 Å². The fourth-order valence-electron chi connectivity index (χ4n) is 2.68. The normalized spacial score (nSPS) is 27.8. The Morgan fingerprint density at radius 2 is 2.00 bits per heavy atom. The van der Waals surface area contributed by atoms with E-state index in [1.54, 1.807) is 0 Å². The van der Waals surface area contributed by atoms with Gasteiger partial charge in [-0.3, -0.25) is 4.79 Å². The number of hydrogen-bond acceptors (Lipinski definition) is 1. The van der Waals surface area contributed by atoms with E-state index in [4.69, 9.17) is 0 Å². The van der Waals surface area contributed by atoms with Crippen LogP contribution in [0.3, 0.4) is 0 Å². The summed E-state index contributed by atoms with van der Waals surface area (Å²) in [4.78, 5) is 12.2. The Hall–Kier alpha value is -0.830. The first-order valence-electron chi connectivity index (χ1n) is 6.65. The van der Waals surface area contributed by atoms with Gasteiger partial charge in [0.1, 0.15) is 0 Å². The van der Waals surface area contributed by atoms with Gasteiger partial charge in [0.2, 0.25) is 0 Å². The molecule has 0 aromatic heterocycles. The molecule has 1 fully saturated rings. The van der Waals surface area contributed by atoms with Gasteiger partial charge in [0, 0.05) is 10.5 Å². The highest BCUT2D eigenvalue weighted by atomic mass is 79.9. The standard InChI is InChI=1S/C15H20BrNO/c1-10-6-5-9-14(11(10)2)17-15(18)12-7-3-4-8-13(12)16/h3-4,7-8,10-11,14H,5-6,9H2,1-2H3,(H,17,18)/t10-,11+,14-/m1/s1. The second kappa shape index (κ2) is 5.87. The molecular weight excluding hydrogens is 290 g/mol. The van der Waals surface area contributed by atoms with Crippen molar-refractivity contribution in [3.8, 4) is 0 Å². The van der Waals surface area contributed by atoms with Gasteiger partial charge in [0.25, 0.3) is 5.91 Å². The van der Waals surface area contributed by atoms with Crippen LogP contribution in [0.4, 0.5) is 0 Å². The van der Waals surface area contributed by atoms with Crippen LogP contribution in [0.2, 0.25) is 0 Å². The predicted octanol–water partition coefficient (Wildman–Crippen LogP) is 4.00. The van der Waals surface area contributed by atoms with E-state index in [0.29, 0.717) is 17.9 Å². The van der Waals surface area contributed by atoms with Crippen molar-refractivity contribution < 1.29 is 4.79 Å². The minimum Gasteiger partial charge on any atom is -0.349 e. The Kier molecular flexibility index (Phi) is 4.44. The lowest BCUT2D eigenvalue weighted by molar-refractivity contribution is 0.0890. The summed E-state index contributed by atoms with van der Waals surface area (Å²) in [5, 5.41) is 3.19. The topological polar surface area (TPSA) is 29.1 Å². The monoisotopic (exact) mass is 309 g/mol. The predicted molar refractivity (Wildman–Crippen MR) is 77.6 cm³/mol. The Morgan fingerprint density at radius 1 is 1.28 bits per heavy atom. The van der Waals surface area contributed by atoms with Crippen molar-refractivity contribution in [3.63, 3.8) is 0 Å². The van der Waals surface area contributed by atoms with Gasteiger partial charge in [0.15, 0.2) is 0 Å². The third-order valence-corrected chi connectivity index (χ3v) is 4.83. The van der Waals surface area contributed by atoms with E-state index >= 15 is 0 Å². The molecule has 0 heterocycles. The zero-order chi connectivity index (χ0) is 13.1. The van der Waals surface area contributed by atoms with Crippen molar-refractivity contribution in [1.29, 1.82) is 0 Å². The van der Waals surface area contributed by atoms with E-state index in [9.17, 15) is 4.79 Å². The van der Waals surface area contributed by atoms with Crippen molar-refractivity contribution in [1.82, 2.24) is 5.32 Å². The van der Waals surface area contributed by atoms with Crippen molar-refractivity contribution in [2.24, 2.45) is 11.8 Å². The Balaban J connectivity index is 2.05. The molecule has 18 heavy (non-hydrogen) atoms. The molecule has 1 N–H and O–H groups in total. The van der Waals surface area contributed by atoms with E-state index < -0.39 is 0 Å². The van der Waals surface area contributed by atoms with Crippen LogP contribution in [0, 0.1) is 11.8 Å². The zero-order valence-electron chi connectivity index (χ0n) is 10.9. The largest absolute Gasteiger partial charge is 0.349 e. The van der Waals surface area contributed by atoms with Crippen molar-refractivity contribution >= 4 is 21.8 Å². The number of hydrogen-bond donors (Lipinski definition) is 1. The number of benzene rings is 1. The molecule has 98 valence electrons. The third kappa shape index (κ3) is 2.94. The summed E-state index contributed by atoms with van der Waals surface area (Å²) in [5.74, 6) is 1.29. The smallest absolute Gasteiger partial charge is 0.252 e. The van der Waals surface area contributed by atoms with E-state index in [0.717, 1.165) is 16.5 Å². The van der Waals surface area contributed by atoms with Crippen LogP contribution < -0.4 is 5.32 Å². The SMILES string of the molecule is C[C@H]1[C@H](C)CCC[C@H]1NC(=O)c1ccccc1Br. The van der Waals surface area contributed by atoms with Crippen LogP contribution in [-0.4, -0.2) is 11.9 Å². The van der Waals surface area contributed by atoms with Crippen LogP contribution in [0.5, 0.6) is 0 Å². The summed E-state index contributed by atoms with van der Waals surface area (Å²) >= 11 is 3.43. The first-order valence-corrected chi connectivity index (χ1v) is 7.44. The maximum Gasteiger partial charge on any atom is 0.252 e. The highest BCUT2D eigenvalue weighted by Crippen LogP contribution is 2.29. The van der Waals surface area contributed by atoms with Crippen LogP contribution in [0.15, 0.2) is 28.7 Å². The van der Waals surface area contributed by atoms with Gasteiger partial charge in [-0.25, -0.2) is 0 Å². The molecule has 3 atom stereocenters. The molecule has 0 unspecified atom stereocenters. The maximum atomic E-state index is 12.2. The average Bonchev–Trinajstić information content (AvgIpc) is 2.35. The van der Waals surface area contributed by atoms with Crippen molar-refractivity contribution in [3.05, 3.63) is 34.3 Å². The molecular formula is C15H20BrNO. The molecule has 1 aromatic rings. The van der Waals surface area contributed by atoms with Gasteiger partial charge < -0.3 is 5.32 Å². The van der Waals surface area contributed by atoms with E-state index in [2.05, 4.69) is 35.1 Å². The zero-order valence-corrected chi connectivity index (χ0v) is 12.5. The summed E-state index contributed by atoms with van der Waals surface area (Å²) in [6, 6.07) is 7.89. The molecule has 1 aliphatic rings. The molecule has 2 rings (SSSR count). The van der Waals surface area contributed by atoms with Gasteiger partial charge in [-0.05, 0) is 46.3 Å². The number of carbonyl (C=O) groups is 1. The fourth-order valence-corrected chi connectivity index (χ4v) is 3.14. The number of nitrogens with one attached hydrogen (secondary N) is 1. The lowest BCUT2D eigenvalue weighted by Gasteiger charge is -2.34. The average molecular weight is 310 g/mol. The Labute approximate surface area is 117 Å². The number of halogens is 1. The third-order valence-electron chi connectivity index (χ3n) is 4.14. The highest BCUT2D eigenvalue weighted by Gasteiger charge is 2.28. The maximum absolute atomic E-state index is 12.2. The highest BCUT2D eigenvalue weighted by molar-refractivity contribution is 9.10. The molecule has 1 aromatic carbocycles. The number of amides is 1. The van der Waals surface area contributed by atoms with Crippen LogP contribution in [0.25, 0.3) is 0 Å². The number of carbonyl (C=O) groups excluding carboxylic acids is 1. The fraction of sp³-hybridized carbons (Fsp3) is 0.533. The van der Waals surface area contributed by atoms with Gasteiger partial charge in [-0.15, -0.1) is 0 Å². The quantitative estimate of drug-likeness (QED) is 0.879.